The molecule has 1 aliphatic rings. The lowest BCUT2D eigenvalue weighted by molar-refractivity contribution is 0.0958. The maximum absolute atomic E-state index is 12.5. The Bertz CT molecular complexity index is 1410. The van der Waals surface area contributed by atoms with Crippen LogP contribution < -0.4 is 15.8 Å². The summed E-state index contributed by atoms with van der Waals surface area (Å²) in [7, 11) is 3.44. The molecule has 9 heteroatoms. The van der Waals surface area contributed by atoms with E-state index in [4.69, 9.17) is 0 Å². The molecule has 0 aliphatic carbocycles. The number of fused-ring (bicyclic) bond motifs is 3. The highest BCUT2D eigenvalue weighted by Crippen LogP contribution is 2.23. The standard InChI is InChI=1S/C24H27N7O2/c1-15-20(7-6-18(27-15)23(32)25-2)31-10-8-30(9-11-31)13-16-4-5-17-19(12-16)28-24(33)22-21(17)26-14-29(22)3/h4-7,12,14H,8-11,13H2,1-3H3,(H,25,32)(H,28,33). The van der Waals surface area contributed by atoms with Gasteiger partial charge < -0.3 is 19.8 Å². The molecule has 5 rings (SSSR count). The van der Waals surface area contributed by atoms with Crippen molar-refractivity contribution in [1.29, 1.82) is 0 Å². The summed E-state index contributed by atoms with van der Waals surface area (Å²) >= 11 is 0. The topological polar surface area (TPSA) is 99.1 Å². The Hall–Kier alpha value is -3.72. The fourth-order valence-corrected chi connectivity index (χ4v) is 4.62. The predicted octanol–water partition coefficient (Wildman–Crippen LogP) is 1.80. The summed E-state index contributed by atoms with van der Waals surface area (Å²) in [4.78, 5) is 40.9. The van der Waals surface area contributed by atoms with Gasteiger partial charge in [0, 0.05) is 52.2 Å². The van der Waals surface area contributed by atoms with E-state index in [0.29, 0.717) is 11.2 Å². The first-order chi connectivity index (χ1) is 15.9. The highest BCUT2D eigenvalue weighted by molar-refractivity contribution is 6.01. The summed E-state index contributed by atoms with van der Waals surface area (Å²) in [6.45, 7) is 6.39. The molecular weight excluding hydrogens is 418 g/mol. The van der Waals surface area contributed by atoms with Crippen molar-refractivity contribution < 1.29 is 4.79 Å². The average molecular weight is 446 g/mol. The number of rotatable bonds is 4. The molecule has 0 unspecified atom stereocenters. The first kappa shape index (κ1) is 21.1. The highest BCUT2D eigenvalue weighted by Gasteiger charge is 2.20. The molecule has 33 heavy (non-hydrogen) atoms. The molecule has 170 valence electrons. The van der Waals surface area contributed by atoms with Crippen LogP contribution in [0, 0.1) is 6.92 Å². The Labute approximate surface area is 191 Å². The van der Waals surface area contributed by atoms with Gasteiger partial charge in [0.15, 0.2) is 0 Å². The molecular formula is C24H27N7O2. The number of nitrogens with one attached hydrogen (secondary N) is 2. The highest BCUT2D eigenvalue weighted by atomic mass is 16.1. The molecule has 9 nitrogen and oxygen atoms in total. The number of amides is 1. The Balaban J connectivity index is 1.29. The van der Waals surface area contributed by atoms with Crippen LogP contribution in [0.2, 0.25) is 0 Å². The molecule has 0 radical (unpaired) electrons. The van der Waals surface area contributed by atoms with Crippen LogP contribution in [0.3, 0.4) is 0 Å². The van der Waals surface area contributed by atoms with Gasteiger partial charge in [-0.2, -0.15) is 0 Å². The monoisotopic (exact) mass is 445 g/mol. The summed E-state index contributed by atoms with van der Waals surface area (Å²) in [6, 6.07) is 9.99. The van der Waals surface area contributed by atoms with Crippen molar-refractivity contribution in [3.05, 3.63) is 64.0 Å². The second-order valence-corrected chi connectivity index (χ2v) is 8.53. The summed E-state index contributed by atoms with van der Waals surface area (Å²) < 4.78 is 1.75. The van der Waals surface area contributed by atoms with Crippen LogP contribution in [0.1, 0.15) is 21.7 Å². The van der Waals surface area contributed by atoms with Gasteiger partial charge in [0.2, 0.25) is 0 Å². The number of aromatic nitrogens is 4. The van der Waals surface area contributed by atoms with Gasteiger partial charge in [0.1, 0.15) is 16.7 Å². The first-order valence-corrected chi connectivity index (χ1v) is 11.1. The number of aryl methyl sites for hydroxylation is 2. The second kappa shape index (κ2) is 8.32. The molecule has 0 spiro atoms. The number of carbonyl (C=O) groups is 1. The Morgan fingerprint density at radius 1 is 1.15 bits per heavy atom. The second-order valence-electron chi connectivity index (χ2n) is 8.53. The Morgan fingerprint density at radius 2 is 1.94 bits per heavy atom. The van der Waals surface area contributed by atoms with Crippen molar-refractivity contribution in [1.82, 2.24) is 29.7 Å². The lowest BCUT2D eigenvalue weighted by atomic mass is 10.1. The molecule has 4 aromatic rings. The van der Waals surface area contributed by atoms with Crippen molar-refractivity contribution >= 4 is 33.5 Å². The number of H-pyrrole nitrogens is 1. The van der Waals surface area contributed by atoms with Gasteiger partial charge in [-0.05, 0) is 30.7 Å². The number of benzene rings is 1. The molecule has 1 amide bonds. The van der Waals surface area contributed by atoms with Gasteiger partial charge in [-0.15, -0.1) is 0 Å². The molecule has 3 aromatic heterocycles. The van der Waals surface area contributed by atoms with Crippen LogP contribution in [0.4, 0.5) is 5.69 Å². The minimum absolute atomic E-state index is 0.116. The van der Waals surface area contributed by atoms with Gasteiger partial charge in [-0.1, -0.05) is 12.1 Å². The fourth-order valence-electron chi connectivity index (χ4n) is 4.62. The van der Waals surface area contributed by atoms with E-state index < -0.39 is 0 Å². The number of piperazine rings is 1. The number of nitrogens with zero attached hydrogens (tertiary/aromatic N) is 5. The molecule has 1 aromatic carbocycles. The van der Waals surface area contributed by atoms with E-state index in [1.807, 2.05) is 20.0 Å². The van der Waals surface area contributed by atoms with E-state index in [-0.39, 0.29) is 11.5 Å². The zero-order chi connectivity index (χ0) is 23.1. The van der Waals surface area contributed by atoms with E-state index in [1.54, 1.807) is 24.0 Å². The maximum Gasteiger partial charge on any atom is 0.274 e. The Morgan fingerprint density at radius 3 is 2.67 bits per heavy atom. The molecule has 1 aliphatic heterocycles. The van der Waals surface area contributed by atoms with Gasteiger partial charge in [0.25, 0.3) is 11.5 Å². The van der Waals surface area contributed by atoms with E-state index >= 15 is 0 Å². The molecule has 0 atom stereocenters. The van der Waals surface area contributed by atoms with E-state index in [2.05, 4.69) is 48.3 Å². The number of carbonyl (C=O) groups excluding carboxylic acids is 1. The molecule has 0 saturated carbocycles. The number of pyridine rings is 2. The zero-order valence-corrected chi connectivity index (χ0v) is 19.1. The van der Waals surface area contributed by atoms with Crippen LogP contribution >= 0.6 is 0 Å². The predicted molar refractivity (Wildman–Crippen MR) is 129 cm³/mol. The molecule has 2 N–H and O–H groups in total. The van der Waals surface area contributed by atoms with Crippen molar-refractivity contribution in [2.45, 2.75) is 13.5 Å². The quantitative estimate of drug-likeness (QED) is 0.497. The third kappa shape index (κ3) is 3.84. The normalized spacial score (nSPS) is 14.8. The third-order valence-corrected chi connectivity index (χ3v) is 6.38. The first-order valence-electron chi connectivity index (χ1n) is 11.1. The largest absolute Gasteiger partial charge is 0.368 e. The third-order valence-electron chi connectivity index (χ3n) is 6.38. The van der Waals surface area contributed by atoms with Gasteiger partial charge >= 0.3 is 0 Å². The minimum atomic E-state index is -0.171. The lowest BCUT2D eigenvalue weighted by Crippen LogP contribution is -2.46. The van der Waals surface area contributed by atoms with Crippen LogP contribution in [0.15, 0.2) is 41.5 Å². The molecule has 1 saturated heterocycles. The molecule has 4 heterocycles. The number of hydrogen-bond acceptors (Lipinski definition) is 6. The summed E-state index contributed by atoms with van der Waals surface area (Å²) in [5, 5.41) is 3.57. The smallest absolute Gasteiger partial charge is 0.274 e. The number of hydrogen-bond donors (Lipinski definition) is 2. The van der Waals surface area contributed by atoms with Crippen LogP contribution in [0.25, 0.3) is 21.9 Å². The molecule has 1 fully saturated rings. The van der Waals surface area contributed by atoms with Crippen LogP contribution in [0.5, 0.6) is 0 Å². The lowest BCUT2D eigenvalue weighted by Gasteiger charge is -2.36. The summed E-state index contributed by atoms with van der Waals surface area (Å²) in [6.07, 6.45) is 1.68. The number of aromatic amines is 1. The average Bonchev–Trinajstić information content (AvgIpc) is 3.21. The van der Waals surface area contributed by atoms with Crippen molar-refractivity contribution in [2.24, 2.45) is 7.05 Å². The maximum atomic E-state index is 12.5. The number of anilines is 1. The van der Waals surface area contributed by atoms with Crippen LogP contribution in [-0.4, -0.2) is 63.6 Å². The number of imidazole rings is 1. The van der Waals surface area contributed by atoms with Gasteiger partial charge in [-0.25, -0.2) is 9.97 Å². The van der Waals surface area contributed by atoms with Gasteiger partial charge in [-0.3, -0.25) is 14.5 Å². The molecule has 0 bridgehead atoms. The fraction of sp³-hybridized carbons (Fsp3) is 0.333. The van der Waals surface area contributed by atoms with Gasteiger partial charge in [0.05, 0.1) is 23.2 Å². The van der Waals surface area contributed by atoms with E-state index in [9.17, 15) is 9.59 Å². The summed E-state index contributed by atoms with van der Waals surface area (Å²) in [5.41, 5.74) is 5.58. The van der Waals surface area contributed by atoms with Crippen molar-refractivity contribution in [2.75, 3.05) is 38.1 Å². The van der Waals surface area contributed by atoms with E-state index in [0.717, 1.165) is 66.1 Å². The van der Waals surface area contributed by atoms with Crippen molar-refractivity contribution in [3.63, 3.8) is 0 Å². The summed E-state index contributed by atoms with van der Waals surface area (Å²) in [5.74, 6) is -0.171. The van der Waals surface area contributed by atoms with Crippen molar-refractivity contribution in [3.8, 4) is 0 Å². The zero-order valence-electron chi connectivity index (χ0n) is 19.1. The SMILES string of the molecule is CNC(=O)c1ccc(N2CCN(Cc3ccc4c(c3)[nH]c(=O)c3c4ncn3C)CC2)c(C)n1. The minimum Gasteiger partial charge on any atom is -0.368 e. The van der Waals surface area contributed by atoms with E-state index in [1.165, 1.54) is 0 Å². The van der Waals surface area contributed by atoms with Crippen LogP contribution in [-0.2, 0) is 13.6 Å². The Kier molecular flexibility index (Phi) is 5.33.